The van der Waals surface area contributed by atoms with E-state index < -0.39 is 16.9 Å². The number of hydrogen-bond donors (Lipinski definition) is 2. The molecule has 1 aliphatic heterocycles. The van der Waals surface area contributed by atoms with Crippen LogP contribution in [0.25, 0.3) is 0 Å². The smallest absolute Gasteiger partial charge is 0.312 e. The highest BCUT2D eigenvalue weighted by Crippen LogP contribution is 2.78. The number of benzene rings is 1. The molecule has 0 aromatic heterocycles. The Kier molecular flexibility index (Phi) is 6.65. The van der Waals surface area contributed by atoms with Crippen LogP contribution in [-0.4, -0.2) is 41.1 Å². The lowest BCUT2D eigenvalue weighted by atomic mass is 9.32. The van der Waals surface area contributed by atoms with Crippen LogP contribution in [0.1, 0.15) is 104 Å². The predicted octanol–water partition coefficient (Wildman–Crippen LogP) is 6.93. The number of aliphatic hydroxyl groups excluding tert-OH is 2. The molecule has 1 heterocycles. The Hall–Kier alpha value is -1.43. The number of carbonyl (C=O) groups excluding carboxylic acids is 1. The van der Waals surface area contributed by atoms with Crippen molar-refractivity contribution in [2.45, 2.75) is 117 Å². The lowest BCUT2D eigenvalue weighted by molar-refractivity contribution is -0.256. The van der Waals surface area contributed by atoms with Crippen molar-refractivity contribution in [2.24, 2.45) is 56.7 Å². The monoisotopic (exact) mass is 578 g/mol. The molecule has 232 valence electrons. The van der Waals surface area contributed by atoms with Crippen molar-refractivity contribution in [2.75, 3.05) is 13.2 Å². The molecule has 0 spiro atoms. The molecule has 12 atom stereocenters. The predicted molar refractivity (Wildman–Crippen MR) is 162 cm³/mol. The van der Waals surface area contributed by atoms with Crippen LogP contribution >= 0.6 is 0 Å². The van der Waals surface area contributed by atoms with Crippen molar-refractivity contribution in [3.63, 3.8) is 0 Å². The Labute approximate surface area is 253 Å². The maximum atomic E-state index is 14.3. The van der Waals surface area contributed by atoms with Gasteiger partial charge >= 0.3 is 5.97 Å². The van der Waals surface area contributed by atoms with Crippen LogP contribution in [0.3, 0.4) is 0 Å². The Morgan fingerprint density at radius 3 is 2.29 bits per heavy atom. The zero-order valence-electron chi connectivity index (χ0n) is 26.7. The summed E-state index contributed by atoms with van der Waals surface area (Å²) in [6, 6.07) is 10.1. The first-order valence-electron chi connectivity index (χ1n) is 17.0. The lowest BCUT2D eigenvalue weighted by Crippen LogP contribution is -2.68. The molecule has 42 heavy (non-hydrogen) atoms. The first kappa shape index (κ1) is 29.3. The third kappa shape index (κ3) is 3.75. The van der Waals surface area contributed by atoms with Crippen LogP contribution in [0, 0.1) is 56.7 Å². The first-order valence-corrected chi connectivity index (χ1v) is 17.0. The number of ether oxygens (including phenoxy) is 2. The zero-order chi connectivity index (χ0) is 29.8. The van der Waals surface area contributed by atoms with Crippen LogP contribution in [-0.2, 0) is 20.9 Å². The normalized spacial score (nSPS) is 52.8. The van der Waals surface area contributed by atoms with Gasteiger partial charge in [0, 0.05) is 5.41 Å². The molecule has 5 nitrogen and oxygen atoms in total. The van der Waals surface area contributed by atoms with Gasteiger partial charge < -0.3 is 19.7 Å². The van der Waals surface area contributed by atoms with Gasteiger partial charge in [-0.15, -0.1) is 0 Å². The highest BCUT2D eigenvalue weighted by molar-refractivity contribution is 5.78. The van der Waals surface area contributed by atoms with E-state index >= 15 is 0 Å². The second-order valence-electron chi connectivity index (χ2n) is 16.9. The first-order chi connectivity index (χ1) is 19.9. The molecule has 3 unspecified atom stereocenters. The Morgan fingerprint density at radius 2 is 1.60 bits per heavy atom. The van der Waals surface area contributed by atoms with Gasteiger partial charge in [-0.2, -0.15) is 0 Å². The summed E-state index contributed by atoms with van der Waals surface area (Å²) in [5.41, 5.74) is 0.528. The molecule has 6 fully saturated rings. The van der Waals surface area contributed by atoms with Crippen molar-refractivity contribution < 1.29 is 24.5 Å². The molecule has 5 saturated carbocycles. The molecule has 5 heteroatoms. The van der Waals surface area contributed by atoms with Crippen molar-refractivity contribution >= 4 is 5.97 Å². The number of aliphatic hydroxyl groups is 2. The molecule has 7 rings (SSSR count). The van der Waals surface area contributed by atoms with Gasteiger partial charge in [0.25, 0.3) is 0 Å². The van der Waals surface area contributed by atoms with Gasteiger partial charge in [-0.1, -0.05) is 58.0 Å². The standard InChI is InChI=1S/C37H54O5/c1-32-16-15-29(39)33(2,22-38)27(32)14-17-35(4)28(32)12-11-25-30-26(36(5)23-42-36)13-18-37(30,20-19-34(25,35)3)31(40)41-21-24-9-7-6-8-10-24/h6-10,25-30,38-39H,11-23H2,1-5H3/t25?,26-,27-,28-,29+,30?,32+,33+,34-,35-,36?,37+/m1/s1. The molecule has 2 N–H and O–H groups in total. The number of fused-ring (bicyclic) bond motifs is 7. The molecule has 0 amide bonds. The van der Waals surface area contributed by atoms with E-state index in [1.54, 1.807) is 0 Å². The molecule has 1 saturated heterocycles. The van der Waals surface area contributed by atoms with E-state index in [1.807, 2.05) is 30.3 Å². The van der Waals surface area contributed by atoms with Crippen LogP contribution in [0.5, 0.6) is 0 Å². The van der Waals surface area contributed by atoms with Crippen LogP contribution in [0.15, 0.2) is 30.3 Å². The van der Waals surface area contributed by atoms with Crippen LogP contribution in [0.4, 0.5) is 0 Å². The maximum absolute atomic E-state index is 14.3. The van der Waals surface area contributed by atoms with Crippen LogP contribution in [0.2, 0.25) is 0 Å². The van der Waals surface area contributed by atoms with Gasteiger partial charge in [0.1, 0.15) is 6.61 Å². The summed E-state index contributed by atoms with van der Waals surface area (Å²) in [7, 11) is 0. The second-order valence-corrected chi connectivity index (χ2v) is 16.9. The van der Waals surface area contributed by atoms with Gasteiger partial charge in [-0.3, -0.25) is 4.79 Å². The van der Waals surface area contributed by atoms with Crippen LogP contribution < -0.4 is 0 Å². The molecule has 0 bridgehead atoms. The summed E-state index contributed by atoms with van der Waals surface area (Å²) in [6.07, 6.45) is 9.92. The van der Waals surface area contributed by atoms with Gasteiger partial charge in [-0.25, -0.2) is 0 Å². The quantitative estimate of drug-likeness (QED) is 0.293. The van der Waals surface area contributed by atoms with Crippen molar-refractivity contribution in [1.82, 2.24) is 0 Å². The SMILES string of the molecule is CC1([C@@H]2CC[C@]3(C(=O)OCc4ccccc4)CC[C@]4(C)C(CC[C@@H]5[C@@]6(C)CC[C@H](O)[C@@](C)(CO)[C@@H]6CC[C@]54C)C23)CO1. The zero-order valence-corrected chi connectivity index (χ0v) is 26.7. The van der Waals surface area contributed by atoms with Gasteiger partial charge in [0.2, 0.25) is 0 Å². The highest BCUT2D eigenvalue weighted by atomic mass is 16.6. The van der Waals surface area contributed by atoms with Gasteiger partial charge in [-0.05, 0) is 123 Å². The fourth-order valence-corrected chi connectivity index (χ4v) is 12.8. The van der Waals surface area contributed by atoms with E-state index in [0.29, 0.717) is 36.2 Å². The lowest BCUT2D eigenvalue weighted by Gasteiger charge is -2.72. The summed E-state index contributed by atoms with van der Waals surface area (Å²) >= 11 is 0. The second kappa shape index (κ2) is 9.54. The van der Waals surface area contributed by atoms with Crippen molar-refractivity contribution in [1.29, 1.82) is 0 Å². The van der Waals surface area contributed by atoms with E-state index in [9.17, 15) is 15.0 Å². The van der Waals surface area contributed by atoms with E-state index in [2.05, 4.69) is 34.6 Å². The third-order valence-corrected chi connectivity index (χ3v) is 15.6. The fraction of sp³-hybridized carbons (Fsp3) is 0.811. The summed E-state index contributed by atoms with van der Waals surface area (Å²) in [5, 5.41) is 21.6. The molecule has 1 aromatic rings. The molecule has 1 aromatic carbocycles. The third-order valence-electron chi connectivity index (χ3n) is 15.6. The molecule has 6 aliphatic rings. The number of esters is 1. The van der Waals surface area contributed by atoms with E-state index in [0.717, 1.165) is 70.0 Å². The number of carbonyl (C=O) groups is 1. The summed E-state index contributed by atoms with van der Waals surface area (Å²) in [4.78, 5) is 14.3. The Morgan fingerprint density at radius 1 is 0.857 bits per heavy atom. The van der Waals surface area contributed by atoms with Gasteiger partial charge in [0.05, 0.1) is 30.3 Å². The maximum Gasteiger partial charge on any atom is 0.312 e. The minimum Gasteiger partial charge on any atom is -0.460 e. The van der Waals surface area contributed by atoms with Gasteiger partial charge in [0.15, 0.2) is 0 Å². The number of hydrogen-bond acceptors (Lipinski definition) is 5. The minimum atomic E-state index is -0.426. The molecular weight excluding hydrogens is 524 g/mol. The Bertz CT molecular complexity index is 1210. The topological polar surface area (TPSA) is 79.3 Å². The van der Waals surface area contributed by atoms with E-state index in [4.69, 9.17) is 9.47 Å². The highest BCUT2D eigenvalue weighted by Gasteiger charge is 2.74. The average molecular weight is 579 g/mol. The molecule has 0 radical (unpaired) electrons. The molecule has 5 aliphatic carbocycles. The number of rotatable bonds is 5. The summed E-state index contributed by atoms with van der Waals surface area (Å²) in [6.45, 7) is 13.4. The van der Waals surface area contributed by atoms with Crippen molar-refractivity contribution in [3.8, 4) is 0 Å². The van der Waals surface area contributed by atoms with Crippen molar-refractivity contribution in [3.05, 3.63) is 35.9 Å². The number of epoxide rings is 1. The largest absolute Gasteiger partial charge is 0.460 e. The summed E-state index contributed by atoms with van der Waals surface area (Å²) < 4.78 is 12.4. The summed E-state index contributed by atoms with van der Waals surface area (Å²) in [5.74, 6) is 2.11. The van der Waals surface area contributed by atoms with E-state index in [1.165, 1.54) is 6.42 Å². The minimum absolute atomic E-state index is 0.0353. The molecular formula is C37H54O5. The Balaban J connectivity index is 1.23. The van der Waals surface area contributed by atoms with E-state index in [-0.39, 0.29) is 34.4 Å². The fourth-order valence-electron chi connectivity index (χ4n) is 12.8. The average Bonchev–Trinajstić information content (AvgIpc) is 3.59.